The van der Waals surface area contributed by atoms with Crippen molar-refractivity contribution in [3.05, 3.63) is 51.6 Å². The molecule has 0 radical (unpaired) electrons. The smallest absolute Gasteiger partial charge is 0.274 e. The van der Waals surface area contributed by atoms with E-state index in [1.54, 1.807) is 0 Å². The van der Waals surface area contributed by atoms with Gasteiger partial charge in [-0.05, 0) is 24.5 Å². The van der Waals surface area contributed by atoms with Gasteiger partial charge in [0, 0.05) is 37.7 Å². The molecule has 0 aliphatic carbocycles. The Morgan fingerprint density at radius 2 is 1.85 bits per heavy atom. The zero-order chi connectivity index (χ0) is 19.8. The number of nitro groups is 1. The molecule has 0 atom stereocenters. The van der Waals surface area contributed by atoms with Gasteiger partial charge in [0.15, 0.2) is 0 Å². The van der Waals surface area contributed by atoms with E-state index < -0.39 is 11.5 Å². The van der Waals surface area contributed by atoms with Crippen LogP contribution in [0.4, 0.5) is 5.69 Å². The molecule has 2 N–H and O–H groups in total. The fourth-order valence-corrected chi connectivity index (χ4v) is 2.73. The Kier molecular flexibility index (Phi) is 7.18. The van der Waals surface area contributed by atoms with Crippen LogP contribution in [0, 0.1) is 10.1 Å². The summed E-state index contributed by atoms with van der Waals surface area (Å²) in [7, 11) is 0. The third-order valence-electron chi connectivity index (χ3n) is 4.19. The van der Waals surface area contributed by atoms with Gasteiger partial charge < -0.3 is 10.4 Å². The number of imide groups is 1. The van der Waals surface area contributed by atoms with Gasteiger partial charge in [0.2, 0.25) is 5.91 Å². The van der Waals surface area contributed by atoms with E-state index in [1.807, 2.05) is 0 Å². The van der Waals surface area contributed by atoms with Gasteiger partial charge in [0.25, 0.3) is 17.5 Å². The number of carbonyl (C=O) groups is 3. The van der Waals surface area contributed by atoms with E-state index in [9.17, 15) is 29.6 Å². The predicted octanol–water partition coefficient (Wildman–Crippen LogP) is 1.19. The van der Waals surface area contributed by atoms with Crippen LogP contribution >= 0.6 is 0 Å². The van der Waals surface area contributed by atoms with Gasteiger partial charge in [-0.2, -0.15) is 0 Å². The molecule has 144 valence electrons. The van der Waals surface area contributed by atoms with Crippen molar-refractivity contribution in [2.75, 3.05) is 6.54 Å². The van der Waals surface area contributed by atoms with Gasteiger partial charge in [-0.25, -0.2) is 0 Å². The molecule has 0 bridgehead atoms. The highest BCUT2D eigenvalue weighted by molar-refractivity contribution is 6.12. The van der Waals surface area contributed by atoms with Crippen molar-refractivity contribution in [2.24, 2.45) is 0 Å². The summed E-state index contributed by atoms with van der Waals surface area (Å²) in [5.74, 6) is -0.764. The lowest BCUT2D eigenvalue weighted by molar-refractivity contribution is -0.385. The van der Waals surface area contributed by atoms with Crippen LogP contribution in [0.15, 0.2) is 30.4 Å². The number of nitrogens with one attached hydrogen (secondary N) is 1. The van der Waals surface area contributed by atoms with Gasteiger partial charge in [0.05, 0.1) is 17.1 Å². The molecule has 9 heteroatoms. The first kappa shape index (κ1) is 20.2. The molecular formula is C18H21N3O6. The van der Waals surface area contributed by atoms with Crippen LogP contribution in [-0.2, 0) is 27.5 Å². The summed E-state index contributed by atoms with van der Waals surface area (Å²) in [5, 5.41) is 22.8. The van der Waals surface area contributed by atoms with E-state index in [-0.39, 0.29) is 35.5 Å². The maximum atomic E-state index is 11.9. The molecule has 0 spiro atoms. The van der Waals surface area contributed by atoms with E-state index in [4.69, 9.17) is 0 Å². The molecule has 0 saturated heterocycles. The highest BCUT2D eigenvalue weighted by Crippen LogP contribution is 2.20. The molecule has 1 aromatic rings. The van der Waals surface area contributed by atoms with E-state index in [1.165, 1.54) is 35.3 Å². The SMILES string of the molecule is O=C(CCCCCN1C(=O)C=CC1=O)NCc1ccc([N+](=O)[O-])c(CO)c1. The molecule has 0 unspecified atom stereocenters. The highest BCUT2D eigenvalue weighted by atomic mass is 16.6. The quantitative estimate of drug-likeness (QED) is 0.273. The normalized spacial score (nSPS) is 13.3. The van der Waals surface area contributed by atoms with Gasteiger partial charge in [0.1, 0.15) is 0 Å². The van der Waals surface area contributed by atoms with Gasteiger partial charge in [-0.1, -0.05) is 12.5 Å². The highest BCUT2D eigenvalue weighted by Gasteiger charge is 2.22. The van der Waals surface area contributed by atoms with Crippen LogP contribution in [0.1, 0.15) is 36.8 Å². The summed E-state index contributed by atoms with van der Waals surface area (Å²) in [5.41, 5.74) is 0.710. The van der Waals surface area contributed by atoms with Crippen LogP contribution in [0.25, 0.3) is 0 Å². The number of hydrogen-bond donors (Lipinski definition) is 2. The average molecular weight is 375 g/mol. The number of amides is 3. The second-order valence-corrected chi connectivity index (χ2v) is 6.13. The number of aliphatic hydroxyl groups is 1. The fourth-order valence-electron chi connectivity index (χ4n) is 2.73. The minimum Gasteiger partial charge on any atom is -0.391 e. The van der Waals surface area contributed by atoms with Crippen molar-refractivity contribution < 1.29 is 24.4 Å². The zero-order valence-electron chi connectivity index (χ0n) is 14.7. The van der Waals surface area contributed by atoms with Crippen molar-refractivity contribution in [3.8, 4) is 0 Å². The lowest BCUT2D eigenvalue weighted by Crippen LogP contribution is -2.30. The van der Waals surface area contributed by atoms with Crippen molar-refractivity contribution in [1.29, 1.82) is 0 Å². The molecule has 2 rings (SSSR count). The third-order valence-corrected chi connectivity index (χ3v) is 4.19. The van der Waals surface area contributed by atoms with Crippen LogP contribution < -0.4 is 5.32 Å². The Bertz CT molecular complexity index is 756. The first-order valence-corrected chi connectivity index (χ1v) is 8.59. The first-order valence-electron chi connectivity index (χ1n) is 8.59. The lowest BCUT2D eigenvalue weighted by Gasteiger charge is -2.13. The van der Waals surface area contributed by atoms with Crippen LogP contribution in [-0.4, -0.2) is 39.2 Å². The number of carbonyl (C=O) groups excluding carboxylic acids is 3. The van der Waals surface area contributed by atoms with Crippen LogP contribution in [0.5, 0.6) is 0 Å². The molecule has 9 nitrogen and oxygen atoms in total. The van der Waals surface area contributed by atoms with Gasteiger partial charge in [-0.15, -0.1) is 0 Å². The Balaban J connectivity index is 1.67. The molecule has 1 aromatic carbocycles. The van der Waals surface area contributed by atoms with Crippen LogP contribution in [0.2, 0.25) is 0 Å². The molecule has 3 amide bonds. The van der Waals surface area contributed by atoms with E-state index >= 15 is 0 Å². The van der Waals surface area contributed by atoms with E-state index in [2.05, 4.69) is 5.32 Å². The van der Waals surface area contributed by atoms with Crippen molar-refractivity contribution >= 4 is 23.4 Å². The fraction of sp³-hybridized carbons (Fsp3) is 0.389. The summed E-state index contributed by atoms with van der Waals surface area (Å²) in [4.78, 5) is 46.1. The molecule has 0 aromatic heterocycles. The molecule has 1 aliphatic heterocycles. The maximum Gasteiger partial charge on any atom is 0.274 e. The zero-order valence-corrected chi connectivity index (χ0v) is 14.7. The van der Waals surface area contributed by atoms with Gasteiger partial charge in [-0.3, -0.25) is 29.4 Å². The Hall–Kier alpha value is -3.07. The number of rotatable bonds is 10. The Morgan fingerprint density at radius 3 is 2.48 bits per heavy atom. The summed E-state index contributed by atoms with van der Waals surface area (Å²) in [6, 6.07) is 4.34. The minimum absolute atomic E-state index is 0.155. The monoisotopic (exact) mass is 375 g/mol. The first-order chi connectivity index (χ1) is 12.9. The summed E-state index contributed by atoms with van der Waals surface area (Å²) < 4.78 is 0. The number of unbranched alkanes of at least 4 members (excludes halogenated alkanes) is 2. The predicted molar refractivity (Wildman–Crippen MR) is 95.2 cm³/mol. The standard InChI is InChI=1S/C18H21N3O6/c22-12-14-10-13(5-6-15(14)21(26)27)11-19-16(23)4-2-1-3-9-20-17(24)7-8-18(20)25/h5-8,10,22H,1-4,9,11-12H2,(H,19,23). The lowest BCUT2D eigenvalue weighted by atomic mass is 10.1. The Labute approximate surface area is 155 Å². The summed E-state index contributed by atoms with van der Waals surface area (Å²) >= 11 is 0. The second-order valence-electron chi connectivity index (χ2n) is 6.13. The average Bonchev–Trinajstić information content (AvgIpc) is 2.97. The number of nitrogens with zero attached hydrogens (tertiary/aromatic N) is 2. The van der Waals surface area contributed by atoms with Crippen molar-refractivity contribution in [2.45, 2.75) is 38.8 Å². The summed E-state index contributed by atoms with van der Waals surface area (Å²) in [6.45, 7) is 0.112. The maximum absolute atomic E-state index is 11.9. The number of aliphatic hydroxyl groups excluding tert-OH is 1. The van der Waals surface area contributed by atoms with Crippen LogP contribution in [0.3, 0.4) is 0 Å². The van der Waals surface area contributed by atoms with E-state index in [0.29, 0.717) is 37.8 Å². The number of nitro benzene ring substituents is 1. The largest absolute Gasteiger partial charge is 0.391 e. The molecule has 1 heterocycles. The number of hydrogen-bond acceptors (Lipinski definition) is 6. The molecule has 0 fully saturated rings. The van der Waals surface area contributed by atoms with E-state index in [0.717, 1.165) is 0 Å². The van der Waals surface area contributed by atoms with Crippen molar-refractivity contribution in [1.82, 2.24) is 10.2 Å². The minimum atomic E-state index is -0.562. The molecule has 0 saturated carbocycles. The molecule has 1 aliphatic rings. The second kappa shape index (κ2) is 9.58. The topological polar surface area (TPSA) is 130 Å². The molecule has 27 heavy (non-hydrogen) atoms. The molecular weight excluding hydrogens is 354 g/mol. The van der Waals surface area contributed by atoms with Gasteiger partial charge >= 0.3 is 0 Å². The summed E-state index contributed by atoms with van der Waals surface area (Å²) in [6.07, 6.45) is 4.76. The third kappa shape index (κ3) is 5.71. The number of benzene rings is 1. The van der Waals surface area contributed by atoms with Crippen molar-refractivity contribution in [3.63, 3.8) is 0 Å². The Morgan fingerprint density at radius 1 is 1.15 bits per heavy atom.